The van der Waals surface area contributed by atoms with E-state index in [-0.39, 0.29) is 6.61 Å². The standard InChI is InChI=1S/C10H18O8/c11-1-3-5(13)9(3)18-10-8(16)7(15)6(14)4(2-12)17-10/h3-16H,1-2H2. The highest BCUT2D eigenvalue weighted by atomic mass is 16.7. The summed E-state index contributed by atoms with van der Waals surface area (Å²) in [6, 6.07) is 0. The van der Waals surface area contributed by atoms with Crippen molar-refractivity contribution in [2.24, 2.45) is 5.92 Å². The maximum atomic E-state index is 9.66. The molecule has 106 valence electrons. The SMILES string of the molecule is OCC1OC(OC2C(O)C2CO)C(O)C(O)C1O. The maximum absolute atomic E-state index is 9.66. The zero-order valence-electron chi connectivity index (χ0n) is 9.53. The van der Waals surface area contributed by atoms with Gasteiger partial charge in [0, 0.05) is 5.92 Å². The molecule has 2 aliphatic rings. The molecule has 1 aliphatic carbocycles. The van der Waals surface area contributed by atoms with Crippen LogP contribution in [-0.4, -0.2) is 86.8 Å². The molecule has 2 rings (SSSR count). The molecule has 0 aromatic heterocycles. The van der Waals surface area contributed by atoms with Gasteiger partial charge in [0.25, 0.3) is 0 Å². The Hall–Kier alpha value is -0.320. The third-order valence-corrected chi connectivity index (χ3v) is 3.41. The summed E-state index contributed by atoms with van der Waals surface area (Å²) in [4.78, 5) is 0. The molecule has 1 heterocycles. The van der Waals surface area contributed by atoms with Gasteiger partial charge in [0.05, 0.1) is 25.4 Å². The summed E-state index contributed by atoms with van der Waals surface area (Å²) in [6.07, 6.45) is -8.28. The molecule has 8 nitrogen and oxygen atoms in total. The van der Waals surface area contributed by atoms with Crippen LogP contribution in [0.5, 0.6) is 0 Å². The van der Waals surface area contributed by atoms with E-state index in [4.69, 9.17) is 19.7 Å². The molecule has 1 saturated carbocycles. The Kier molecular flexibility index (Phi) is 4.19. The molecule has 0 aromatic carbocycles. The molecule has 8 heteroatoms. The lowest BCUT2D eigenvalue weighted by Crippen LogP contribution is -2.59. The van der Waals surface area contributed by atoms with Gasteiger partial charge in [-0.05, 0) is 0 Å². The first-order valence-corrected chi connectivity index (χ1v) is 5.76. The van der Waals surface area contributed by atoms with E-state index in [9.17, 15) is 20.4 Å². The molecule has 1 saturated heterocycles. The summed E-state index contributed by atoms with van der Waals surface area (Å²) in [7, 11) is 0. The first kappa shape index (κ1) is 14.1. The van der Waals surface area contributed by atoms with Crippen molar-refractivity contribution in [3.8, 4) is 0 Å². The van der Waals surface area contributed by atoms with Crippen LogP contribution in [0.3, 0.4) is 0 Å². The van der Waals surface area contributed by atoms with Crippen molar-refractivity contribution in [3.63, 3.8) is 0 Å². The molecule has 0 amide bonds. The van der Waals surface area contributed by atoms with Crippen LogP contribution in [-0.2, 0) is 9.47 Å². The number of aliphatic hydroxyl groups excluding tert-OH is 6. The quantitative estimate of drug-likeness (QED) is 0.304. The van der Waals surface area contributed by atoms with Gasteiger partial charge in [-0.3, -0.25) is 0 Å². The molecule has 8 unspecified atom stereocenters. The summed E-state index contributed by atoms with van der Waals surface area (Å²) >= 11 is 0. The largest absolute Gasteiger partial charge is 0.396 e. The van der Waals surface area contributed by atoms with E-state index in [1.54, 1.807) is 0 Å². The van der Waals surface area contributed by atoms with E-state index in [1.165, 1.54) is 0 Å². The van der Waals surface area contributed by atoms with Gasteiger partial charge < -0.3 is 40.1 Å². The van der Waals surface area contributed by atoms with Gasteiger partial charge in [-0.2, -0.15) is 0 Å². The lowest BCUT2D eigenvalue weighted by molar-refractivity contribution is -0.306. The number of rotatable bonds is 4. The third-order valence-electron chi connectivity index (χ3n) is 3.41. The van der Waals surface area contributed by atoms with E-state index in [1.807, 2.05) is 0 Å². The van der Waals surface area contributed by atoms with Crippen molar-refractivity contribution in [1.29, 1.82) is 0 Å². The van der Waals surface area contributed by atoms with Crippen LogP contribution in [0.15, 0.2) is 0 Å². The first-order valence-electron chi connectivity index (χ1n) is 5.76. The smallest absolute Gasteiger partial charge is 0.187 e. The second-order valence-electron chi connectivity index (χ2n) is 4.63. The molecule has 6 N–H and O–H groups in total. The van der Waals surface area contributed by atoms with Gasteiger partial charge in [-0.15, -0.1) is 0 Å². The Morgan fingerprint density at radius 1 is 0.833 bits per heavy atom. The third kappa shape index (κ3) is 2.38. The number of ether oxygens (including phenoxy) is 2. The highest BCUT2D eigenvalue weighted by molar-refractivity contribution is 5.00. The summed E-state index contributed by atoms with van der Waals surface area (Å²) in [6.45, 7) is -0.801. The second kappa shape index (κ2) is 5.35. The first-order chi connectivity index (χ1) is 8.51. The molecule has 0 radical (unpaired) electrons. The average molecular weight is 266 g/mol. The van der Waals surface area contributed by atoms with Crippen molar-refractivity contribution < 1.29 is 40.1 Å². The van der Waals surface area contributed by atoms with Crippen LogP contribution >= 0.6 is 0 Å². The van der Waals surface area contributed by atoms with Gasteiger partial charge >= 0.3 is 0 Å². The normalized spacial score (nSPS) is 52.3. The Labute approximate surface area is 103 Å². The Morgan fingerprint density at radius 3 is 2.00 bits per heavy atom. The highest BCUT2D eigenvalue weighted by Gasteiger charge is 2.54. The molecule has 0 aromatic rings. The van der Waals surface area contributed by atoms with Crippen LogP contribution < -0.4 is 0 Å². The zero-order valence-corrected chi connectivity index (χ0v) is 9.53. The summed E-state index contributed by atoms with van der Waals surface area (Å²) in [5.41, 5.74) is 0. The van der Waals surface area contributed by atoms with Crippen molar-refractivity contribution in [2.75, 3.05) is 13.2 Å². The fourth-order valence-electron chi connectivity index (χ4n) is 2.05. The monoisotopic (exact) mass is 266 g/mol. The van der Waals surface area contributed by atoms with Gasteiger partial charge in [-0.1, -0.05) is 0 Å². The molecule has 0 bridgehead atoms. The Morgan fingerprint density at radius 2 is 1.50 bits per heavy atom. The minimum absolute atomic E-state index is 0.261. The summed E-state index contributed by atoms with van der Waals surface area (Å²) in [5.74, 6) is -0.447. The van der Waals surface area contributed by atoms with Crippen LogP contribution in [0.1, 0.15) is 0 Å². The Bertz CT molecular complexity index is 285. The summed E-state index contributed by atoms with van der Waals surface area (Å²) in [5, 5.41) is 55.9. The maximum Gasteiger partial charge on any atom is 0.187 e. The predicted octanol–water partition coefficient (Wildman–Crippen LogP) is -3.85. The molecular formula is C10H18O8. The van der Waals surface area contributed by atoms with Crippen molar-refractivity contribution in [3.05, 3.63) is 0 Å². The second-order valence-corrected chi connectivity index (χ2v) is 4.63. The molecular weight excluding hydrogens is 248 g/mol. The van der Waals surface area contributed by atoms with Crippen LogP contribution in [0, 0.1) is 5.92 Å². The number of hydrogen-bond acceptors (Lipinski definition) is 8. The summed E-state index contributed by atoms with van der Waals surface area (Å²) < 4.78 is 10.3. The van der Waals surface area contributed by atoms with Gasteiger partial charge in [0.1, 0.15) is 24.4 Å². The topological polar surface area (TPSA) is 140 Å². The number of aliphatic hydroxyl groups is 6. The van der Waals surface area contributed by atoms with Gasteiger partial charge in [-0.25, -0.2) is 0 Å². The van der Waals surface area contributed by atoms with E-state index >= 15 is 0 Å². The minimum atomic E-state index is -1.51. The predicted molar refractivity (Wildman–Crippen MR) is 55.2 cm³/mol. The van der Waals surface area contributed by atoms with Crippen LogP contribution in [0.25, 0.3) is 0 Å². The van der Waals surface area contributed by atoms with Crippen LogP contribution in [0.2, 0.25) is 0 Å². The Balaban J connectivity index is 1.95. The van der Waals surface area contributed by atoms with Crippen LogP contribution in [0.4, 0.5) is 0 Å². The molecule has 8 atom stereocenters. The fraction of sp³-hybridized carbons (Fsp3) is 1.00. The molecule has 2 fully saturated rings. The molecule has 0 spiro atoms. The van der Waals surface area contributed by atoms with E-state index in [2.05, 4.69) is 0 Å². The average Bonchev–Trinajstić information content (AvgIpc) is 2.99. The van der Waals surface area contributed by atoms with Gasteiger partial charge in [0.2, 0.25) is 0 Å². The lowest BCUT2D eigenvalue weighted by Gasteiger charge is -2.39. The fourth-order valence-corrected chi connectivity index (χ4v) is 2.05. The van der Waals surface area contributed by atoms with Crippen molar-refractivity contribution in [1.82, 2.24) is 0 Å². The minimum Gasteiger partial charge on any atom is -0.396 e. The molecule has 1 aliphatic heterocycles. The van der Waals surface area contributed by atoms with Crippen molar-refractivity contribution >= 4 is 0 Å². The van der Waals surface area contributed by atoms with Gasteiger partial charge in [0.15, 0.2) is 6.29 Å². The lowest BCUT2D eigenvalue weighted by atomic mass is 9.99. The van der Waals surface area contributed by atoms with Crippen molar-refractivity contribution in [2.45, 2.75) is 42.9 Å². The number of hydrogen-bond donors (Lipinski definition) is 6. The molecule has 18 heavy (non-hydrogen) atoms. The van der Waals surface area contributed by atoms with E-state index in [0.29, 0.717) is 0 Å². The van der Waals surface area contributed by atoms with E-state index in [0.717, 1.165) is 0 Å². The van der Waals surface area contributed by atoms with E-state index < -0.39 is 55.4 Å². The highest BCUT2D eigenvalue weighted by Crippen LogP contribution is 2.36. The zero-order chi connectivity index (χ0) is 13.4.